The van der Waals surface area contributed by atoms with Crippen molar-refractivity contribution in [3.8, 4) is 0 Å². The van der Waals surface area contributed by atoms with Gasteiger partial charge >= 0.3 is 0 Å². The number of nitrogens with one attached hydrogen (secondary N) is 2. The maximum atomic E-state index is 11.5. The highest BCUT2D eigenvalue weighted by Gasteiger charge is 2.25. The first-order valence-electron chi connectivity index (χ1n) is 8.38. The zero-order valence-electron chi connectivity index (χ0n) is 13.0. The minimum atomic E-state index is 0.120. The Morgan fingerprint density at radius 2 is 1.86 bits per heavy atom. The van der Waals surface area contributed by atoms with Crippen LogP contribution in [-0.4, -0.2) is 13.0 Å². The zero-order valence-corrected chi connectivity index (χ0v) is 13.0. The molecular weight excluding hydrogens is 260 g/mol. The number of hydrogen-bond donors (Lipinski definition) is 2. The molecule has 0 saturated heterocycles. The predicted octanol–water partition coefficient (Wildman–Crippen LogP) is 3.80. The van der Waals surface area contributed by atoms with Crippen molar-refractivity contribution in [2.45, 2.75) is 57.4 Å². The molecule has 2 N–H and O–H groups in total. The van der Waals surface area contributed by atoms with Crippen molar-refractivity contribution in [2.75, 3.05) is 12.4 Å². The molecule has 0 spiro atoms. The maximum absolute atomic E-state index is 11.5. The van der Waals surface area contributed by atoms with E-state index in [1.807, 2.05) is 0 Å². The molecule has 2 aliphatic rings. The van der Waals surface area contributed by atoms with Crippen LogP contribution in [0.15, 0.2) is 18.2 Å². The van der Waals surface area contributed by atoms with E-state index in [9.17, 15) is 4.79 Å². The molecule has 1 heterocycles. The van der Waals surface area contributed by atoms with Crippen LogP contribution in [0, 0.1) is 5.92 Å². The average Bonchev–Trinajstić information content (AvgIpc) is 2.81. The lowest BCUT2D eigenvalue weighted by molar-refractivity contribution is -0.115. The molecule has 1 saturated carbocycles. The van der Waals surface area contributed by atoms with E-state index in [4.69, 9.17) is 0 Å². The van der Waals surface area contributed by atoms with Gasteiger partial charge in [0.1, 0.15) is 0 Å². The SMILES string of the molecule is CNC(c1ccc2c(c1)CC(=O)N2)C1CCCCCCC1. The van der Waals surface area contributed by atoms with E-state index >= 15 is 0 Å². The summed E-state index contributed by atoms with van der Waals surface area (Å²) in [5.74, 6) is 0.840. The summed E-state index contributed by atoms with van der Waals surface area (Å²) in [6, 6.07) is 6.91. The smallest absolute Gasteiger partial charge is 0.228 e. The highest BCUT2D eigenvalue weighted by atomic mass is 16.1. The van der Waals surface area contributed by atoms with Crippen molar-refractivity contribution in [3.63, 3.8) is 0 Å². The molecule has 3 rings (SSSR count). The molecular formula is C18H26N2O. The second kappa shape index (κ2) is 6.61. The topological polar surface area (TPSA) is 41.1 Å². The Kier molecular flexibility index (Phi) is 4.59. The standard InChI is InChI=1S/C18H26N2O/c1-19-18(13-7-5-3-2-4-6-8-13)14-9-10-16-15(11-14)12-17(21)20-16/h9-11,13,18-19H,2-8,12H2,1H3,(H,20,21). The quantitative estimate of drug-likeness (QED) is 0.887. The number of anilines is 1. The zero-order chi connectivity index (χ0) is 14.7. The molecule has 1 fully saturated rings. The third-order valence-electron chi connectivity index (χ3n) is 5.05. The van der Waals surface area contributed by atoms with Gasteiger partial charge in [-0.2, -0.15) is 0 Å². The van der Waals surface area contributed by atoms with Crippen LogP contribution in [0.4, 0.5) is 5.69 Å². The first kappa shape index (κ1) is 14.6. The second-order valence-corrected chi connectivity index (χ2v) is 6.51. The minimum absolute atomic E-state index is 0.120. The number of fused-ring (bicyclic) bond motifs is 1. The monoisotopic (exact) mass is 286 g/mol. The normalized spacial score (nSPS) is 21.3. The largest absolute Gasteiger partial charge is 0.326 e. The van der Waals surface area contributed by atoms with E-state index in [-0.39, 0.29) is 5.91 Å². The molecule has 21 heavy (non-hydrogen) atoms. The summed E-state index contributed by atoms with van der Waals surface area (Å²) in [6.45, 7) is 0. The third kappa shape index (κ3) is 3.29. The Morgan fingerprint density at radius 3 is 2.57 bits per heavy atom. The van der Waals surface area contributed by atoms with E-state index in [1.165, 1.54) is 50.5 Å². The van der Waals surface area contributed by atoms with Crippen LogP contribution in [0.25, 0.3) is 0 Å². The minimum Gasteiger partial charge on any atom is -0.326 e. The second-order valence-electron chi connectivity index (χ2n) is 6.51. The molecule has 1 aliphatic carbocycles. The van der Waals surface area contributed by atoms with Gasteiger partial charge < -0.3 is 10.6 Å². The summed E-state index contributed by atoms with van der Waals surface area (Å²) in [7, 11) is 2.07. The Hall–Kier alpha value is -1.35. The fraction of sp³-hybridized carbons (Fsp3) is 0.611. The van der Waals surface area contributed by atoms with Crippen LogP contribution in [0.2, 0.25) is 0 Å². The summed E-state index contributed by atoms with van der Waals surface area (Å²) in [6.07, 6.45) is 10.1. The molecule has 1 aromatic rings. The highest BCUT2D eigenvalue weighted by Crippen LogP contribution is 2.35. The fourth-order valence-corrected chi connectivity index (χ4v) is 3.94. The Morgan fingerprint density at radius 1 is 1.14 bits per heavy atom. The number of benzene rings is 1. The number of amides is 1. The maximum Gasteiger partial charge on any atom is 0.228 e. The van der Waals surface area contributed by atoms with Gasteiger partial charge in [0.05, 0.1) is 6.42 Å². The highest BCUT2D eigenvalue weighted by molar-refractivity contribution is 5.99. The van der Waals surface area contributed by atoms with E-state index < -0.39 is 0 Å². The van der Waals surface area contributed by atoms with Crippen molar-refractivity contribution in [1.29, 1.82) is 0 Å². The molecule has 1 amide bonds. The molecule has 1 aliphatic heterocycles. The number of carbonyl (C=O) groups is 1. The first-order chi connectivity index (χ1) is 10.3. The van der Waals surface area contributed by atoms with E-state index in [2.05, 4.69) is 35.9 Å². The van der Waals surface area contributed by atoms with Gasteiger partial charge in [-0.1, -0.05) is 44.2 Å². The van der Waals surface area contributed by atoms with Crippen LogP contribution in [0.1, 0.15) is 62.1 Å². The molecule has 0 aromatic heterocycles. The van der Waals surface area contributed by atoms with Crippen molar-refractivity contribution in [3.05, 3.63) is 29.3 Å². The number of rotatable bonds is 3. The summed E-state index contributed by atoms with van der Waals surface area (Å²) in [5.41, 5.74) is 3.50. The predicted molar refractivity (Wildman–Crippen MR) is 86.4 cm³/mol. The molecule has 3 nitrogen and oxygen atoms in total. The molecule has 114 valence electrons. The van der Waals surface area contributed by atoms with Gasteiger partial charge in [-0.15, -0.1) is 0 Å². The van der Waals surface area contributed by atoms with Crippen LogP contribution < -0.4 is 10.6 Å². The van der Waals surface area contributed by atoms with Crippen molar-refractivity contribution < 1.29 is 4.79 Å². The van der Waals surface area contributed by atoms with E-state index in [1.54, 1.807) is 0 Å². The number of carbonyl (C=O) groups excluding carboxylic acids is 1. The van der Waals surface area contributed by atoms with E-state index in [0.717, 1.165) is 17.2 Å². The van der Waals surface area contributed by atoms with E-state index in [0.29, 0.717) is 12.5 Å². The number of hydrogen-bond acceptors (Lipinski definition) is 2. The summed E-state index contributed by atoms with van der Waals surface area (Å²) >= 11 is 0. The fourth-order valence-electron chi connectivity index (χ4n) is 3.94. The van der Waals surface area contributed by atoms with Gasteiger partial charge in [-0.05, 0) is 43.0 Å². The van der Waals surface area contributed by atoms with Gasteiger partial charge in [-0.25, -0.2) is 0 Å². The Balaban J connectivity index is 1.79. The molecule has 3 heteroatoms. The third-order valence-corrected chi connectivity index (χ3v) is 5.05. The van der Waals surface area contributed by atoms with Gasteiger partial charge in [0, 0.05) is 11.7 Å². The van der Waals surface area contributed by atoms with Gasteiger partial charge in [0.2, 0.25) is 5.91 Å². The lowest BCUT2D eigenvalue weighted by Crippen LogP contribution is -2.26. The van der Waals surface area contributed by atoms with Crippen LogP contribution >= 0.6 is 0 Å². The average molecular weight is 286 g/mol. The van der Waals surface area contributed by atoms with Gasteiger partial charge in [-0.3, -0.25) is 4.79 Å². The van der Waals surface area contributed by atoms with Crippen LogP contribution in [0.3, 0.4) is 0 Å². The first-order valence-corrected chi connectivity index (χ1v) is 8.38. The van der Waals surface area contributed by atoms with Crippen molar-refractivity contribution in [2.24, 2.45) is 5.92 Å². The summed E-state index contributed by atoms with van der Waals surface area (Å²) in [5, 5.41) is 6.45. The summed E-state index contributed by atoms with van der Waals surface area (Å²) < 4.78 is 0. The van der Waals surface area contributed by atoms with Crippen molar-refractivity contribution in [1.82, 2.24) is 5.32 Å². The summed E-state index contributed by atoms with van der Waals surface area (Å²) in [4.78, 5) is 11.5. The van der Waals surface area contributed by atoms with Crippen LogP contribution in [-0.2, 0) is 11.2 Å². The van der Waals surface area contributed by atoms with Crippen molar-refractivity contribution >= 4 is 11.6 Å². The lowest BCUT2D eigenvalue weighted by atomic mass is 9.82. The molecule has 1 atom stereocenters. The lowest BCUT2D eigenvalue weighted by Gasteiger charge is -2.29. The van der Waals surface area contributed by atoms with Gasteiger partial charge in [0.15, 0.2) is 0 Å². The molecule has 0 bridgehead atoms. The molecule has 1 unspecified atom stereocenters. The molecule has 1 aromatic carbocycles. The van der Waals surface area contributed by atoms with Crippen LogP contribution in [0.5, 0.6) is 0 Å². The van der Waals surface area contributed by atoms with Gasteiger partial charge in [0.25, 0.3) is 0 Å². The Labute approximate surface area is 127 Å². The molecule has 0 radical (unpaired) electrons. The Bertz CT molecular complexity index is 504.